The van der Waals surface area contributed by atoms with Gasteiger partial charge in [-0.3, -0.25) is 4.98 Å². The lowest BCUT2D eigenvalue weighted by molar-refractivity contribution is 0.0698. The second kappa shape index (κ2) is 10.5. The topological polar surface area (TPSA) is 127 Å². The van der Waals surface area contributed by atoms with Gasteiger partial charge in [0, 0.05) is 37.1 Å². The third kappa shape index (κ3) is 4.81. The molecule has 40 heavy (non-hydrogen) atoms. The summed E-state index contributed by atoms with van der Waals surface area (Å²) in [6.07, 6.45) is 4.90. The van der Waals surface area contributed by atoms with Crippen LogP contribution in [0.2, 0.25) is 0 Å². The van der Waals surface area contributed by atoms with Gasteiger partial charge in [0.1, 0.15) is 4.90 Å². The summed E-state index contributed by atoms with van der Waals surface area (Å²) < 4.78 is 36.1. The summed E-state index contributed by atoms with van der Waals surface area (Å²) in [5.41, 5.74) is 3.78. The number of fused-ring (bicyclic) bond motifs is 1. The zero-order valence-electron chi connectivity index (χ0n) is 21.3. The van der Waals surface area contributed by atoms with E-state index in [4.69, 9.17) is 4.74 Å². The van der Waals surface area contributed by atoms with Gasteiger partial charge in [0.05, 0.1) is 41.4 Å². The van der Waals surface area contributed by atoms with Crippen molar-refractivity contribution in [3.8, 4) is 16.8 Å². The average Bonchev–Trinajstić information content (AvgIpc) is 3.53. The molecule has 0 bridgehead atoms. The normalized spacial score (nSPS) is 14.3. The number of anilines is 2. The summed E-state index contributed by atoms with van der Waals surface area (Å²) in [5.74, 6) is -1.13. The lowest BCUT2D eigenvalue weighted by Gasteiger charge is -2.27. The molecule has 0 unspecified atom stereocenters. The second-order valence-corrected chi connectivity index (χ2v) is 11.1. The van der Waals surface area contributed by atoms with Gasteiger partial charge in [-0.15, -0.1) is 0 Å². The molecule has 1 fully saturated rings. The lowest BCUT2D eigenvalue weighted by atomic mass is 10.0. The fraction of sp³-hybridized carbons (Fsp3) is 0.138. The molecule has 2 N–H and O–H groups in total. The van der Waals surface area contributed by atoms with Crippen molar-refractivity contribution in [1.82, 2.24) is 19.1 Å². The van der Waals surface area contributed by atoms with Crippen LogP contribution < -0.4 is 5.32 Å². The predicted octanol–water partition coefficient (Wildman–Crippen LogP) is 4.55. The van der Waals surface area contributed by atoms with E-state index in [2.05, 4.69) is 15.4 Å². The third-order valence-electron chi connectivity index (χ3n) is 6.81. The Morgan fingerprint density at radius 3 is 2.42 bits per heavy atom. The quantitative estimate of drug-likeness (QED) is 0.300. The van der Waals surface area contributed by atoms with Gasteiger partial charge in [0.15, 0.2) is 0 Å². The van der Waals surface area contributed by atoms with E-state index >= 15 is 0 Å². The van der Waals surface area contributed by atoms with Crippen LogP contribution in [-0.2, 0) is 14.8 Å². The SMILES string of the molecule is O=C(O)c1ccccc1Nc1c(S(=O)(=O)N2CCOCC2)cnc2ccc(-c3ccc(-n4cccn4)cc3)cc12. The van der Waals surface area contributed by atoms with Gasteiger partial charge in [0.2, 0.25) is 10.0 Å². The molecular formula is C29H25N5O5S. The number of para-hydroxylation sites is 1. The molecule has 1 aliphatic heterocycles. The van der Waals surface area contributed by atoms with Crippen LogP contribution in [0.3, 0.4) is 0 Å². The number of aromatic carboxylic acids is 1. The highest BCUT2D eigenvalue weighted by atomic mass is 32.2. The van der Waals surface area contributed by atoms with Crippen LogP contribution in [0.4, 0.5) is 11.4 Å². The van der Waals surface area contributed by atoms with Crippen molar-refractivity contribution >= 4 is 38.3 Å². The summed E-state index contributed by atoms with van der Waals surface area (Å²) in [6.45, 7) is 1.02. The van der Waals surface area contributed by atoms with Gasteiger partial charge in [-0.25, -0.2) is 17.9 Å². The standard InChI is InChI=1S/C29H25N5O5S/c35-29(36)23-4-1-2-5-26(23)32-28-24-18-21(20-6-9-22(10-7-20)34-13-3-12-31-34)8-11-25(24)30-19-27(28)40(37,38)33-14-16-39-17-15-33/h1-13,18-19H,14-17H2,(H,30,32)(H,35,36). The predicted molar refractivity (Wildman–Crippen MR) is 151 cm³/mol. The van der Waals surface area contributed by atoms with E-state index < -0.39 is 16.0 Å². The molecule has 6 rings (SSSR count). The summed E-state index contributed by atoms with van der Waals surface area (Å²) in [6, 6.07) is 21.7. The van der Waals surface area contributed by atoms with Crippen molar-refractivity contribution in [2.24, 2.45) is 0 Å². The Labute approximate surface area is 230 Å². The summed E-state index contributed by atoms with van der Waals surface area (Å²) in [4.78, 5) is 16.4. The first-order valence-electron chi connectivity index (χ1n) is 12.6. The van der Waals surface area contributed by atoms with E-state index in [1.54, 1.807) is 29.1 Å². The maximum absolute atomic E-state index is 13.8. The van der Waals surface area contributed by atoms with Crippen molar-refractivity contribution in [2.75, 3.05) is 31.6 Å². The average molecular weight is 556 g/mol. The van der Waals surface area contributed by atoms with Crippen LogP contribution in [0.25, 0.3) is 27.7 Å². The van der Waals surface area contributed by atoms with E-state index in [-0.39, 0.29) is 34.9 Å². The van der Waals surface area contributed by atoms with Gasteiger partial charge in [-0.2, -0.15) is 9.40 Å². The van der Waals surface area contributed by atoms with Crippen LogP contribution >= 0.6 is 0 Å². The molecular weight excluding hydrogens is 530 g/mol. The summed E-state index contributed by atoms with van der Waals surface area (Å²) in [5, 5.41) is 17.7. The monoisotopic (exact) mass is 555 g/mol. The number of carbonyl (C=O) groups is 1. The number of hydrogen-bond donors (Lipinski definition) is 2. The van der Waals surface area contributed by atoms with Crippen LogP contribution in [0, 0.1) is 0 Å². The number of nitrogens with zero attached hydrogens (tertiary/aromatic N) is 4. The maximum Gasteiger partial charge on any atom is 0.337 e. The highest BCUT2D eigenvalue weighted by molar-refractivity contribution is 7.89. The van der Waals surface area contributed by atoms with E-state index in [1.807, 2.05) is 54.7 Å². The summed E-state index contributed by atoms with van der Waals surface area (Å²) in [7, 11) is -3.97. The molecule has 202 valence electrons. The largest absolute Gasteiger partial charge is 0.478 e. The Kier molecular flexibility index (Phi) is 6.76. The van der Waals surface area contributed by atoms with Gasteiger partial charge in [-0.1, -0.05) is 30.3 Å². The first kappa shape index (κ1) is 25.7. The van der Waals surface area contributed by atoms with E-state index in [9.17, 15) is 18.3 Å². The number of ether oxygens (including phenoxy) is 1. The van der Waals surface area contributed by atoms with Crippen LogP contribution in [0.5, 0.6) is 0 Å². The lowest BCUT2D eigenvalue weighted by Crippen LogP contribution is -2.40. The van der Waals surface area contributed by atoms with Crippen molar-refractivity contribution in [3.63, 3.8) is 0 Å². The molecule has 11 heteroatoms. The fourth-order valence-corrected chi connectivity index (χ4v) is 6.26. The summed E-state index contributed by atoms with van der Waals surface area (Å²) >= 11 is 0. The van der Waals surface area contributed by atoms with Crippen LogP contribution in [0.1, 0.15) is 10.4 Å². The van der Waals surface area contributed by atoms with Crippen molar-refractivity contribution in [1.29, 1.82) is 0 Å². The Balaban J connectivity index is 1.51. The highest BCUT2D eigenvalue weighted by Gasteiger charge is 2.30. The zero-order valence-corrected chi connectivity index (χ0v) is 22.1. The number of sulfonamides is 1. The number of rotatable bonds is 7. The molecule has 0 saturated carbocycles. The number of hydrogen-bond acceptors (Lipinski definition) is 7. The molecule has 0 atom stereocenters. The molecule has 5 aromatic rings. The second-order valence-electron chi connectivity index (χ2n) is 9.22. The van der Waals surface area contributed by atoms with Crippen molar-refractivity contribution in [2.45, 2.75) is 4.90 Å². The molecule has 3 aromatic carbocycles. The molecule has 3 heterocycles. The minimum absolute atomic E-state index is 0.0209. The minimum atomic E-state index is -3.97. The number of morpholine rings is 1. The third-order valence-corrected chi connectivity index (χ3v) is 8.72. The Hall–Kier alpha value is -4.58. The number of aromatic nitrogens is 3. The van der Waals surface area contributed by atoms with Crippen LogP contribution in [-0.4, -0.2) is 64.9 Å². The Morgan fingerprint density at radius 2 is 1.70 bits per heavy atom. The number of nitrogens with one attached hydrogen (secondary N) is 1. The first-order chi connectivity index (χ1) is 19.4. The molecule has 1 aliphatic rings. The van der Waals surface area contributed by atoms with Crippen molar-refractivity contribution in [3.05, 3.63) is 97.0 Å². The molecule has 0 aliphatic carbocycles. The first-order valence-corrected chi connectivity index (χ1v) is 14.1. The maximum atomic E-state index is 13.8. The zero-order chi connectivity index (χ0) is 27.7. The molecule has 1 saturated heterocycles. The van der Waals surface area contributed by atoms with Gasteiger partial charge in [-0.05, 0) is 53.6 Å². The Bertz CT molecular complexity index is 1800. The number of carboxylic acids is 1. The fourth-order valence-electron chi connectivity index (χ4n) is 4.75. The number of carboxylic acid groups (broad SMARTS) is 1. The smallest absolute Gasteiger partial charge is 0.337 e. The van der Waals surface area contributed by atoms with Gasteiger partial charge >= 0.3 is 5.97 Å². The molecule has 2 aromatic heterocycles. The molecule has 10 nitrogen and oxygen atoms in total. The molecule has 0 spiro atoms. The highest BCUT2D eigenvalue weighted by Crippen LogP contribution is 2.37. The van der Waals surface area contributed by atoms with Crippen molar-refractivity contribution < 1.29 is 23.1 Å². The molecule has 0 radical (unpaired) electrons. The van der Waals surface area contributed by atoms with E-state index in [0.717, 1.165) is 16.8 Å². The van der Waals surface area contributed by atoms with Gasteiger partial charge < -0.3 is 15.2 Å². The van der Waals surface area contributed by atoms with Gasteiger partial charge in [0.25, 0.3) is 0 Å². The van der Waals surface area contributed by atoms with E-state index in [0.29, 0.717) is 24.1 Å². The minimum Gasteiger partial charge on any atom is -0.478 e. The van der Waals surface area contributed by atoms with E-state index in [1.165, 1.54) is 16.6 Å². The number of pyridine rings is 1. The Morgan fingerprint density at radius 1 is 0.950 bits per heavy atom. The number of benzene rings is 3. The van der Waals surface area contributed by atoms with Crippen LogP contribution in [0.15, 0.2) is 96.3 Å². The molecule has 0 amide bonds.